The molecule has 2 aromatic carbocycles. The number of Topliss-reactive ketones (excluding diaryl/α,β-unsaturated/α-hetero) is 1. The Morgan fingerprint density at radius 3 is 2.27 bits per heavy atom. The molecule has 41 heavy (non-hydrogen) atoms. The van der Waals surface area contributed by atoms with E-state index < -0.39 is 11.7 Å². The van der Waals surface area contributed by atoms with Crippen molar-refractivity contribution in [1.82, 2.24) is 9.55 Å². The van der Waals surface area contributed by atoms with Gasteiger partial charge in [-0.1, -0.05) is 23.7 Å². The van der Waals surface area contributed by atoms with Crippen LogP contribution in [-0.2, 0) is 16.1 Å². The van der Waals surface area contributed by atoms with Crippen molar-refractivity contribution in [3.63, 3.8) is 0 Å². The Labute approximate surface area is 245 Å². The van der Waals surface area contributed by atoms with Crippen molar-refractivity contribution in [2.24, 2.45) is 0 Å². The molecule has 3 heterocycles. The van der Waals surface area contributed by atoms with E-state index in [0.717, 1.165) is 48.9 Å². The number of aryl methyl sites for hydroxylation is 2. The number of aromatic nitrogens is 2. The molecule has 2 aromatic heterocycles. The number of rotatable bonds is 9. The van der Waals surface area contributed by atoms with Crippen LogP contribution >= 0.6 is 11.6 Å². The molecule has 212 valence electrons. The molecule has 0 bridgehead atoms. The Morgan fingerprint density at radius 1 is 0.927 bits per heavy atom. The molecule has 0 unspecified atom stereocenters. The summed E-state index contributed by atoms with van der Waals surface area (Å²) in [7, 11) is 1.60. The number of benzene rings is 2. The molecule has 5 rings (SSSR count). The molecular formula is C32H34ClN5O3. The van der Waals surface area contributed by atoms with Gasteiger partial charge >= 0.3 is 0 Å². The number of anilines is 3. The van der Waals surface area contributed by atoms with Gasteiger partial charge in [-0.05, 0) is 79.6 Å². The fraction of sp³-hybridized carbons (Fsp3) is 0.281. The minimum Gasteiger partial charge on any atom is -0.383 e. The summed E-state index contributed by atoms with van der Waals surface area (Å²) in [6.07, 6.45) is 1.80. The molecule has 8 nitrogen and oxygen atoms in total. The van der Waals surface area contributed by atoms with E-state index in [0.29, 0.717) is 35.1 Å². The molecule has 1 N–H and O–H groups in total. The second-order valence-electron chi connectivity index (χ2n) is 10.2. The molecule has 0 aliphatic carbocycles. The van der Waals surface area contributed by atoms with Crippen LogP contribution in [0.4, 0.5) is 17.2 Å². The predicted molar refractivity (Wildman–Crippen MR) is 164 cm³/mol. The number of carbonyl (C=O) groups is 2. The minimum absolute atomic E-state index is 0.314. The number of hydrogen-bond acceptors (Lipinski definition) is 6. The topological polar surface area (TPSA) is 79.7 Å². The third-order valence-electron chi connectivity index (χ3n) is 7.25. The number of methoxy groups -OCH3 is 1. The Balaban J connectivity index is 1.25. The van der Waals surface area contributed by atoms with Crippen LogP contribution in [0.1, 0.15) is 21.7 Å². The summed E-state index contributed by atoms with van der Waals surface area (Å²) in [6, 6.07) is 20.9. The number of halogens is 1. The van der Waals surface area contributed by atoms with Gasteiger partial charge in [-0.2, -0.15) is 0 Å². The standard InChI is InChI=1S/C32H34ClN5O3/c1-22-20-23(2)34-29(21-22)37-16-14-36(15-17-37)27-10-8-26(9-11-27)35-32(40)31(39)30-28(12-13-38(30)18-19-41-3)24-4-6-25(33)7-5-24/h4-13,20-21H,14-19H2,1-3H3,(H,35,40). The van der Waals surface area contributed by atoms with Crippen molar-refractivity contribution in [1.29, 1.82) is 0 Å². The van der Waals surface area contributed by atoms with Gasteiger partial charge in [0.2, 0.25) is 0 Å². The molecule has 1 aliphatic rings. The maximum Gasteiger partial charge on any atom is 0.298 e. The Bertz CT molecular complexity index is 1500. The minimum atomic E-state index is -0.695. The van der Waals surface area contributed by atoms with Gasteiger partial charge in [0.15, 0.2) is 0 Å². The molecule has 0 radical (unpaired) electrons. The van der Waals surface area contributed by atoms with Crippen LogP contribution in [0.25, 0.3) is 11.1 Å². The van der Waals surface area contributed by atoms with Crippen LogP contribution in [-0.4, -0.2) is 61.1 Å². The second kappa shape index (κ2) is 12.6. The zero-order chi connectivity index (χ0) is 28.9. The summed E-state index contributed by atoms with van der Waals surface area (Å²) in [5.74, 6) is -0.284. The average Bonchev–Trinajstić information content (AvgIpc) is 3.39. The zero-order valence-electron chi connectivity index (χ0n) is 23.6. The van der Waals surface area contributed by atoms with Gasteiger partial charge in [0.05, 0.1) is 6.61 Å². The Hall–Kier alpha value is -4.14. The SMILES string of the molecule is COCCn1ccc(-c2ccc(Cl)cc2)c1C(=O)C(=O)Nc1ccc(N2CCN(c3cc(C)cc(C)n3)CC2)cc1. The van der Waals surface area contributed by atoms with Gasteiger partial charge in [-0.25, -0.2) is 4.98 Å². The number of ether oxygens (including phenoxy) is 1. The number of amides is 1. The third kappa shape index (κ3) is 6.61. The predicted octanol–water partition coefficient (Wildman–Crippen LogP) is 5.61. The van der Waals surface area contributed by atoms with Gasteiger partial charge in [0.25, 0.3) is 11.7 Å². The normalized spacial score (nSPS) is 13.4. The zero-order valence-corrected chi connectivity index (χ0v) is 24.3. The number of ketones is 1. The first-order valence-corrected chi connectivity index (χ1v) is 14.0. The van der Waals surface area contributed by atoms with E-state index in [1.54, 1.807) is 30.0 Å². The Kier molecular flexibility index (Phi) is 8.71. The molecular weight excluding hydrogens is 538 g/mol. The monoisotopic (exact) mass is 571 g/mol. The quantitative estimate of drug-likeness (QED) is 0.208. The maximum atomic E-state index is 13.4. The first kappa shape index (κ1) is 28.4. The highest BCUT2D eigenvalue weighted by Gasteiger charge is 2.25. The second-order valence-corrected chi connectivity index (χ2v) is 10.7. The number of nitrogens with zero attached hydrogens (tertiary/aromatic N) is 4. The van der Waals surface area contributed by atoms with E-state index in [4.69, 9.17) is 21.3 Å². The molecule has 1 aliphatic heterocycles. The molecule has 1 saturated heterocycles. The first-order chi connectivity index (χ1) is 19.8. The van der Waals surface area contributed by atoms with Crippen molar-refractivity contribution in [2.75, 3.05) is 55.0 Å². The van der Waals surface area contributed by atoms with E-state index in [1.807, 2.05) is 49.4 Å². The summed E-state index contributed by atoms with van der Waals surface area (Å²) in [4.78, 5) is 35.9. The van der Waals surface area contributed by atoms with Crippen molar-refractivity contribution in [2.45, 2.75) is 20.4 Å². The van der Waals surface area contributed by atoms with Crippen molar-refractivity contribution < 1.29 is 14.3 Å². The lowest BCUT2D eigenvalue weighted by Crippen LogP contribution is -2.46. The maximum absolute atomic E-state index is 13.4. The van der Waals surface area contributed by atoms with Crippen LogP contribution in [0.15, 0.2) is 72.9 Å². The van der Waals surface area contributed by atoms with Crippen molar-refractivity contribution in [3.8, 4) is 11.1 Å². The molecule has 9 heteroatoms. The van der Waals surface area contributed by atoms with E-state index in [1.165, 1.54) is 5.56 Å². The number of pyridine rings is 1. The van der Waals surface area contributed by atoms with E-state index in [-0.39, 0.29) is 0 Å². The van der Waals surface area contributed by atoms with Crippen LogP contribution in [0.2, 0.25) is 5.02 Å². The summed E-state index contributed by atoms with van der Waals surface area (Å²) in [5.41, 5.74) is 5.67. The fourth-order valence-electron chi connectivity index (χ4n) is 5.19. The fourth-order valence-corrected chi connectivity index (χ4v) is 5.32. The highest BCUT2D eigenvalue weighted by molar-refractivity contribution is 6.47. The van der Waals surface area contributed by atoms with Gasteiger partial charge in [-0.15, -0.1) is 0 Å². The van der Waals surface area contributed by atoms with Gasteiger partial charge in [0.1, 0.15) is 11.5 Å². The van der Waals surface area contributed by atoms with Crippen molar-refractivity contribution >= 4 is 40.5 Å². The first-order valence-electron chi connectivity index (χ1n) is 13.7. The van der Waals surface area contributed by atoms with E-state index in [2.05, 4.69) is 34.2 Å². The Morgan fingerprint density at radius 2 is 1.61 bits per heavy atom. The van der Waals surface area contributed by atoms with E-state index >= 15 is 0 Å². The molecule has 0 saturated carbocycles. The lowest BCUT2D eigenvalue weighted by atomic mass is 10.0. The molecule has 4 aromatic rings. The summed E-state index contributed by atoms with van der Waals surface area (Å²) in [5, 5.41) is 3.38. The van der Waals surface area contributed by atoms with Crippen LogP contribution in [0, 0.1) is 13.8 Å². The highest BCUT2D eigenvalue weighted by atomic mass is 35.5. The number of hydrogen-bond donors (Lipinski definition) is 1. The molecule has 0 atom stereocenters. The summed E-state index contributed by atoms with van der Waals surface area (Å²) >= 11 is 6.06. The number of nitrogens with one attached hydrogen (secondary N) is 1. The molecule has 1 fully saturated rings. The average molecular weight is 572 g/mol. The molecule has 0 spiro atoms. The molecule has 1 amide bonds. The van der Waals surface area contributed by atoms with Gasteiger partial charge < -0.3 is 24.4 Å². The smallest absolute Gasteiger partial charge is 0.298 e. The lowest BCUT2D eigenvalue weighted by molar-refractivity contribution is -0.112. The van der Waals surface area contributed by atoms with Crippen LogP contribution in [0.5, 0.6) is 0 Å². The van der Waals surface area contributed by atoms with E-state index in [9.17, 15) is 9.59 Å². The summed E-state index contributed by atoms with van der Waals surface area (Å²) < 4.78 is 6.96. The number of carbonyl (C=O) groups excluding carboxylic acids is 2. The van der Waals surface area contributed by atoms with Gasteiger partial charge in [0, 0.05) is 73.7 Å². The third-order valence-corrected chi connectivity index (χ3v) is 7.51. The summed E-state index contributed by atoms with van der Waals surface area (Å²) in [6.45, 7) is 8.46. The lowest BCUT2D eigenvalue weighted by Gasteiger charge is -2.37. The number of piperazine rings is 1. The van der Waals surface area contributed by atoms with Gasteiger partial charge in [-0.3, -0.25) is 9.59 Å². The van der Waals surface area contributed by atoms with Crippen LogP contribution in [0.3, 0.4) is 0 Å². The largest absolute Gasteiger partial charge is 0.383 e. The highest BCUT2D eigenvalue weighted by Crippen LogP contribution is 2.28. The van der Waals surface area contributed by atoms with Crippen LogP contribution < -0.4 is 15.1 Å². The van der Waals surface area contributed by atoms with Crippen molar-refractivity contribution in [3.05, 3.63) is 94.9 Å².